The number of carbonyl (C=O) groups is 1. The van der Waals surface area contributed by atoms with Crippen molar-refractivity contribution < 1.29 is 14.8 Å². The first-order valence-electron chi connectivity index (χ1n) is 9.00. The zero-order valence-corrected chi connectivity index (χ0v) is 15.3. The second kappa shape index (κ2) is 7.55. The topological polar surface area (TPSA) is 130 Å². The van der Waals surface area contributed by atoms with Crippen LogP contribution in [-0.4, -0.2) is 26.0 Å². The van der Waals surface area contributed by atoms with Gasteiger partial charge in [0.05, 0.1) is 10.5 Å². The van der Waals surface area contributed by atoms with E-state index in [4.69, 9.17) is 5.11 Å². The third-order valence-electron chi connectivity index (χ3n) is 4.69. The molecule has 1 heterocycles. The Balaban J connectivity index is 1.63. The third-order valence-corrected chi connectivity index (χ3v) is 4.69. The minimum Gasteiger partial charge on any atom is -0.478 e. The van der Waals surface area contributed by atoms with Gasteiger partial charge in [0, 0.05) is 11.4 Å². The van der Waals surface area contributed by atoms with Crippen LogP contribution >= 0.6 is 0 Å². The maximum Gasteiger partial charge on any atom is 0.335 e. The van der Waals surface area contributed by atoms with E-state index in [-0.39, 0.29) is 23.0 Å². The highest BCUT2D eigenvalue weighted by Crippen LogP contribution is 2.30. The van der Waals surface area contributed by atoms with E-state index in [9.17, 15) is 14.9 Å². The largest absolute Gasteiger partial charge is 0.478 e. The zero-order chi connectivity index (χ0) is 20.4. The van der Waals surface area contributed by atoms with Crippen LogP contribution in [0.4, 0.5) is 28.8 Å². The summed E-state index contributed by atoms with van der Waals surface area (Å²) in [6.45, 7) is 0. The van der Waals surface area contributed by atoms with Crippen LogP contribution in [0.25, 0.3) is 0 Å². The first-order valence-corrected chi connectivity index (χ1v) is 9.00. The fourth-order valence-corrected chi connectivity index (χ4v) is 3.31. The van der Waals surface area contributed by atoms with E-state index in [0.29, 0.717) is 11.4 Å². The van der Waals surface area contributed by atoms with E-state index in [0.717, 1.165) is 25.5 Å². The molecular formula is C20H17N5O4. The highest BCUT2D eigenvalue weighted by molar-refractivity contribution is 5.89. The van der Waals surface area contributed by atoms with Crippen molar-refractivity contribution in [1.29, 1.82) is 0 Å². The number of nitrogens with zero attached hydrogens (tertiary/aromatic N) is 3. The molecule has 0 spiro atoms. The van der Waals surface area contributed by atoms with E-state index in [1.165, 1.54) is 23.3 Å². The van der Waals surface area contributed by atoms with Gasteiger partial charge in [-0.1, -0.05) is 12.1 Å². The van der Waals surface area contributed by atoms with Gasteiger partial charge in [0.15, 0.2) is 0 Å². The summed E-state index contributed by atoms with van der Waals surface area (Å²) in [5.74, 6) is -0.890. The van der Waals surface area contributed by atoms with E-state index >= 15 is 0 Å². The standard InChI is InChI=1S/C20H17N5O4/c26-19(27)14-5-2-6-15(10-14)23-20-21-11-17(25(28)29)18(24-20)22-16-8-7-12-3-1-4-13(12)9-16/h2,5-11H,1,3-4H2,(H,26,27)(H2,21,22,23,24). The van der Waals surface area contributed by atoms with Crippen LogP contribution in [0, 0.1) is 10.1 Å². The van der Waals surface area contributed by atoms with E-state index in [2.05, 4.69) is 20.6 Å². The van der Waals surface area contributed by atoms with Gasteiger partial charge in [-0.3, -0.25) is 10.1 Å². The van der Waals surface area contributed by atoms with Crippen LogP contribution in [-0.2, 0) is 12.8 Å². The number of aromatic nitrogens is 2. The lowest BCUT2D eigenvalue weighted by molar-refractivity contribution is -0.384. The highest BCUT2D eigenvalue weighted by Gasteiger charge is 2.19. The van der Waals surface area contributed by atoms with Crippen LogP contribution in [0.15, 0.2) is 48.7 Å². The molecule has 4 rings (SSSR count). The molecule has 0 unspecified atom stereocenters. The summed E-state index contributed by atoms with van der Waals surface area (Å²) in [4.78, 5) is 30.2. The summed E-state index contributed by atoms with van der Waals surface area (Å²) in [6, 6.07) is 12.0. The van der Waals surface area contributed by atoms with Crippen molar-refractivity contribution in [3.63, 3.8) is 0 Å². The molecule has 0 saturated carbocycles. The molecule has 2 aromatic carbocycles. The van der Waals surface area contributed by atoms with E-state index in [1.54, 1.807) is 12.1 Å². The minimum absolute atomic E-state index is 0.0554. The fraction of sp³-hybridized carbons (Fsp3) is 0.150. The Bertz CT molecular complexity index is 1120. The number of aromatic carboxylic acids is 1. The molecule has 0 bridgehead atoms. The Morgan fingerprint density at radius 1 is 1.07 bits per heavy atom. The van der Waals surface area contributed by atoms with Crippen LogP contribution in [0.3, 0.4) is 0 Å². The van der Waals surface area contributed by atoms with Crippen LogP contribution in [0.1, 0.15) is 27.9 Å². The second-order valence-electron chi connectivity index (χ2n) is 6.66. The van der Waals surface area contributed by atoms with Gasteiger partial charge < -0.3 is 15.7 Å². The average Bonchev–Trinajstić information content (AvgIpc) is 3.16. The fourth-order valence-electron chi connectivity index (χ4n) is 3.31. The Morgan fingerprint density at radius 3 is 2.66 bits per heavy atom. The summed E-state index contributed by atoms with van der Waals surface area (Å²) in [5.41, 5.74) is 3.56. The summed E-state index contributed by atoms with van der Waals surface area (Å²) in [7, 11) is 0. The van der Waals surface area contributed by atoms with E-state index in [1.807, 2.05) is 18.2 Å². The molecule has 1 aromatic heterocycles. The Labute approximate surface area is 165 Å². The lowest BCUT2D eigenvalue weighted by Crippen LogP contribution is -2.05. The normalized spacial score (nSPS) is 12.3. The smallest absolute Gasteiger partial charge is 0.335 e. The number of benzene rings is 2. The van der Waals surface area contributed by atoms with Gasteiger partial charge in [0.1, 0.15) is 6.20 Å². The Hall–Kier alpha value is -4.01. The number of anilines is 4. The summed E-state index contributed by atoms with van der Waals surface area (Å²) in [5, 5.41) is 26.4. The molecule has 0 amide bonds. The van der Waals surface area contributed by atoms with Crippen molar-refractivity contribution >= 4 is 34.8 Å². The first-order chi connectivity index (χ1) is 14.0. The molecular weight excluding hydrogens is 374 g/mol. The predicted octanol–water partition coefficient (Wildman–Crippen LogP) is 4.06. The van der Waals surface area contributed by atoms with Gasteiger partial charge in [0.25, 0.3) is 0 Å². The van der Waals surface area contributed by atoms with Gasteiger partial charge in [-0.2, -0.15) is 4.98 Å². The molecule has 0 aliphatic heterocycles. The molecule has 0 fully saturated rings. The number of hydrogen-bond acceptors (Lipinski definition) is 7. The van der Waals surface area contributed by atoms with E-state index < -0.39 is 10.9 Å². The first kappa shape index (κ1) is 18.4. The van der Waals surface area contributed by atoms with Crippen molar-refractivity contribution in [2.75, 3.05) is 10.6 Å². The molecule has 146 valence electrons. The van der Waals surface area contributed by atoms with Gasteiger partial charge in [-0.15, -0.1) is 0 Å². The Morgan fingerprint density at radius 2 is 1.86 bits per heavy atom. The Kier molecular flexibility index (Phi) is 4.78. The monoisotopic (exact) mass is 391 g/mol. The van der Waals surface area contributed by atoms with Crippen molar-refractivity contribution in [3.05, 3.63) is 75.5 Å². The zero-order valence-electron chi connectivity index (χ0n) is 15.3. The number of carboxylic acids is 1. The maximum absolute atomic E-state index is 11.4. The summed E-state index contributed by atoms with van der Waals surface area (Å²) in [6.07, 6.45) is 4.26. The number of nitro groups is 1. The molecule has 29 heavy (non-hydrogen) atoms. The molecule has 0 radical (unpaired) electrons. The number of aryl methyl sites for hydroxylation is 2. The van der Waals surface area contributed by atoms with Crippen molar-refractivity contribution in [2.45, 2.75) is 19.3 Å². The number of rotatable bonds is 6. The molecule has 0 saturated heterocycles. The van der Waals surface area contributed by atoms with Crippen molar-refractivity contribution in [2.24, 2.45) is 0 Å². The third kappa shape index (κ3) is 3.98. The second-order valence-corrected chi connectivity index (χ2v) is 6.66. The number of carboxylic acid groups (broad SMARTS) is 1. The molecule has 1 aliphatic rings. The van der Waals surface area contributed by atoms with Crippen molar-refractivity contribution in [1.82, 2.24) is 9.97 Å². The maximum atomic E-state index is 11.4. The van der Waals surface area contributed by atoms with Gasteiger partial charge in [0.2, 0.25) is 11.8 Å². The van der Waals surface area contributed by atoms with Crippen molar-refractivity contribution in [3.8, 4) is 0 Å². The SMILES string of the molecule is O=C(O)c1cccc(Nc2ncc([N+](=O)[O-])c(Nc3ccc4c(c3)CCC4)n2)c1. The molecule has 1 aliphatic carbocycles. The predicted molar refractivity (Wildman–Crippen MR) is 107 cm³/mol. The summed E-state index contributed by atoms with van der Waals surface area (Å²) >= 11 is 0. The quantitative estimate of drug-likeness (QED) is 0.424. The van der Waals surface area contributed by atoms with Gasteiger partial charge in [-0.05, 0) is 60.7 Å². The molecule has 3 aromatic rings. The molecule has 3 N–H and O–H groups in total. The van der Waals surface area contributed by atoms with Crippen LogP contribution < -0.4 is 10.6 Å². The van der Waals surface area contributed by atoms with Crippen LogP contribution in [0.5, 0.6) is 0 Å². The van der Waals surface area contributed by atoms with Gasteiger partial charge in [-0.25, -0.2) is 9.78 Å². The number of fused-ring (bicyclic) bond motifs is 1. The lowest BCUT2D eigenvalue weighted by Gasteiger charge is -2.10. The number of hydrogen-bond donors (Lipinski definition) is 3. The summed E-state index contributed by atoms with van der Waals surface area (Å²) < 4.78 is 0. The minimum atomic E-state index is -1.06. The average molecular weight is 391 g/mol. The number of nitrogens with one attached hydrogen (secondary N) is 2. The van der Waals surface area contributed by atoms with Gasteiger partial charge >= 0.3 is 11.7 Å². The molecule has 9 heteroatoms. The lowest BCUT2D eigenvalue weighted by atomic mass is 10.1. The molecule has 9 nitrogen and oxygen atoms in total. The van der Waals surface area contributed by atoms with Crippen LogP contribution in [0.2, 0.25) is 0 Å². The molecule has 0 atom stereocenters. The highest BCUT2D eigenvalue weighted by atomic mass is 16.6.